The van der Waals surface area contributed by atoms with E-state index < -0.39 is 12.2 Å². The predicted octanol–water partition coefficient (Wildman–Crippen LogP) is 0.0408. The average Bonchev–Trinajstić information content (AvgIpc) is 3.61. The Morgan fingerprint density at radius 2 is 1.71 bits per heavy atom. The molecule has 6 unspecified atom stereocenters. The van der Waals surface area contributed by atoms with Crippen molar-refractivity contribution in [2.75, 3.05) is 45.3 Å². The summed E-state index contributed by atoms with van der Waals surface area (Å²) in [7, 11) is 0. The van der Waals surface area contributed by atoms with Gasteiger partial charge in [0.25, 0.3) is 0 Å². The van der Waals surface area contributed by atoms with Gasteiger partial charge in [-0.2, -0.15) is 0 Å². The molecular weight excluding hydrogens is 432 g/mol. The van der Waals surface area contributed by atoms with Gasteiger partial charge in [0.2, 0.25) is 0 Å². The second kappa shape index (κ2) is 11.9. The van der Waals surface area contributed by atoms with E-state index in [2.05, 4.69) is 10.6 Å². The largest absolute Gasteiger partial charge is 0.447 e. The molecule has 12 heteroatoms. The zero-order valence-electron chi connectivity index (χ0n) is 17.4. The van der Waals surface area contributed by atoms with Crippen molar-refractivity contribution in [2.24, 2.45) is 5.92 Å². The Labute approximate surface area is 184 Å². The van der Waals surface area contributed by atoms with Gasteiger partial charge in [-0.05, 0) is 6.42 Å². The summed E-state index contributed by atoms with van der Waals surface area (Å²) in [5.41, 5.74) is 0. The number of hydrogen-bond acceptors (Lipinski definition) is 10. The van der Waals surface area contributed by atoms with Crippen LogP contribution in [0.5, 0.6) is 0 Å². The van der Waals surface area contributed by atoms with E-state index in [1.807, 2.05) is 6.92 Å². The standard InChI is InChI=1S/C19H30N2O9S/c1-2-12(16-13(7-22)29-16)17-14(30-17)10-28-19(25)21-5-6-31-15(23)3-4-20-18(24)27-9-11-8-26-11/h11-14,16-17,22H,2-10H2,1H3,(H,20,24)(H,21,25). The molecule has 0 saturated carbocycles. The Kier molecular flexibility index (Phi) is 9.20. The van der Waals surface area contributed by atoms with Crippen molar-refractivity contribution in [1.82, 2.24) is 10.6 Å². The molecular formula is C19H30N2O9S. The third kappa shape index (κ3) is 8.45. The molecule has 6 atom stereocenters. The van der Waals surface area contributed by atoms with Gasteiger partial charge >= 0.3 is 12.2 Å². The smallest absolute Gasteiger partial charge is 0.407 e. The highest BCUT2D eigenvalue weighted by atomic mass is 32.2. The van der Waals surface area contributed by atoms with Crippen LogP contribution in [0.3, 0.4) is 0 Å². The van der Waals surface area contributed by atoms with Gasteiger partial charge in [0.05, 0.1) is 25.4 Å². The predicted molar refractivity (Wildman–Crippen MR) is 109 cm³/mol. The molecule has 0 aromatic heterocycles. The molecule has 3 aliphatic rings. The zero-order valence-corrected chi connectivity index (χ0v) is 18.3. The van der Waals surface area contributed by atoms with Crippen molar-refractivity contribution in [3.05, 3.63) is 0 Å². The normalized spacial score (nSPS) is 28.9. The summed E-state index contributed by atoms with van der Waals surface area (Å²) < 4.78 is 26.0. The second-order valence-corrected chi connectivity index (χ2v) is 8.66. The topological polar surface area (TPSA) is 152 Å². The number of hydrogen-bond donors (Lipinski definition) is 3. The van der Waals surface area contributed by atoms with E-state index in [0.717, 1.165) is 18.2 Å². The first-order valence-corrected chi connectivity index (χ1v) is 11.5. The van der Waals surface area contributed by atoms with Crippen molar-refractivity contribution in [3.63, 3.8) is 0 Å². The lowest BCUT2D eigenvalue weighted by atomic mass is 9.95. The van der Waals surface area contributed by atoms with E-state index in [1.54, 1.807) is 0 Å². The molecule has 3 rings (SSSR count). The number of rotatable bonds is 14. The molecule has 0 aromatic carbocycles. The highest BCUT2D eigenvalue weighted by Crippen LogP contribution is 2.41. The fourth-order valence-corrected chi connectivity index (χ4v) is 3.93. The molecule has 3 aliphatic heterocycles. The van der Waals surface area contributed by atoms with Crippen LogP contribution < -0.4 is 10.6 Å². The highest BCUT2D eigenvalue weighted by Gasteiger charge is 2.55. The van der Waals surface area contributed by atoms with Crippen LogP contribution in [0.15, 0.2) is 0 Å². The molecule has 3 saturated heterocycles. The minimum atomic E-state index is -0.567. The molecule has 0 spiro atoms. The summed E-state index contributed by atoms with van der Waals surface area (Å²) in [6.07, 6.45) is -0.329. The third-order valence-electron chi connectivity index (χ3n) is 5.15. The van der Waals surface area contributed by atoms with Gasteiger partial charge in [0.15, 0.2) is 5.12 Å². The molecule has 0 aliphatic carbocycles. The Hall–Kier alpha value is -1.60. The number of carbonyl (C=O) groups is 3. The maximum absolute atomic E-state index is 11.8. The minimum absolute atomic E-state index is 0.00517. The van der Waals surface area contributed by atoms with Crippen LogP contribution in [0.2, 0.25) is 0 Å². The molecule has 3 N–H and O–H groups in total. The Morgan fingerprint density at radius 1 is 1.06 bits per heavy atom. The molecule has 3 heterocycles. The minimum Gasteiger partial charge on any atom is -0.447 e. The Bertz CT molecular complexity index is 633. The molecule has 0 radical (unpaired) electrons. The van der Waals surface area contributed by atoms with E-state index in [0.29, 0.717) is 12.4 Å². The van der Waals surface area contributed by atoms with E-state index in [9.17, 15) is 14.4 Å². The second-order valence-electron chi connectivity index (χ2n) is 7.51. The molecule has 31 heavy (non-hydrogen) atoms. The Balaban J connectivity index is 1.14. The molecule has 11 nitrogen and oxygen atoms in total. The Morgan fingerprint density at radius 3 is 2.35 bits per heavy atom. The van der Waals surface area contributed by atoms with Crippen molar-refractivity contribution in [2.45, 2.75) is 50.3 Å². The number of aliphatic hydroxyl groups excluding tert-OH is 1. The fraction of sp³-hybridized carbons (Fsp3) is 0.842. The van der Waals surface area contributed by atoms with Gasteiger partial charge < -0.3 is 39.4 Å². The van der Waals surface area contributed by atoms with Crippen molar-refractivity contribution < 1.29 is 43.2 Å². The van der Waals surface area contributed by atoms with Crippen LogP contribution in [-0.2, 0) is 28.5 Å². The van der Waals surface area contributed by atoms with E-state index in [1.165, 1.54) is 0 Å². The van der Waals surface area contributed by atoms with Crippen LogP contribution >= 0.6 is 11.8 Å². The lowest BCUT2D eigenvalue weighted by molar-refractivity contribution is -0.110. The van der Waals surface area contributed by atoms with Crippen LogP contribution in [0.25, 0.3) is 0 Å². The first-order chi connectivity index (χ1) is 15.0. The number of alkyl carbamates (subject to hydrolysis) is 2. The first kappa shape index (κ1) is 24.1. The van der Waals surface area contributed by atoms with Crippen LogP contribution in [-0.4, -0.2) is 98.2 Å². The van der Waals surface area contributed by atoms with Crippen LogP contribution in [0, 0.1) is 5.92 Å². The van der Waals surface area contributed by atoms with Crippen molar-refractivity contribution >= 4 is 29.1 Å². The van der Waals surface area contributed by atoms with Crippen molar-refractivity contribution in [3.8, 4) is 0 Å². The number of aliphatic hydroxyl groups is 1. The lowest BCUT2D eigenvalue weighted by Gasteiger charge is -2.09. The summed E-state index contributed by atoms with van der Waals surface area (Å²) in [6, 6.07) is 0. The van der Waals surface area contributed by atoms with Gasteiger partial charge in [0, 0.05) is 31.2 Å². The molecule has 2 amide bonds. The summed E-state index contributed by atoms with van der Waals surface area (Å²) in [6.45, 7) is 3.52. The van der Waals surface area contributed by atoms with E-state index in [4.69, 9.17) is 28.8 Å². The maximum Gasteiger partial charge on any atom is 0.407 e. The number of nitrogens with one attached hydrogen (secondary N) is 2. The van der Waals surface area contributed by atoms with Crippen LogP contribution in [0.4, 0.5) is 9.59 Å². The number of thioether (sulfide) groups is 1. The molecule has 0 aromatic rings. The summed E-state index contributed by atoms with van der Waals surface area (Å²) in [5.74, 6) is 0.596. The maximum atomic E-state index is 11.8. The SMILES string of the molecule is CCC(C1OC1CO)C1OC1COC(=O)NCCSC(=O)CCNC(=O)OCC1CO1. The first-order valence-electron chi connectivity index (χ1n) is 10.5. The van der Waals surface area contributed by atoms with E-state index in [-0.39, 0.29) is 80.9 Å². The number of ether oxygens (including phenoxy) is 5. The lowest BCUT2D eigenvalue weighted by Crippen LogP contribution is -2.29. The highest BCUT2D eigenvalue weighted by molar-refractivity contribution is 8.13. The third-order valence-corrected chi connectivity index (χ3v) is 6.09. The monoisotopic (exact) mass is 462 g/mol. The number of amides is 2. The molecule has 3 fully saturated rings. The quantitative estimate of drug-likeness (QED) is 0.238. The van der Waals surface area contributed by atoms with Gasteiger partial charge in [-0.3, -0.25) is 4.79 Å². The zero-order chi connectivity index (χ0) is 22.2. The molecule has 0 bridgehead atoms. The fourth-order valence-electron chi connectivity index (χ4n) is 3.25. The van der Waals surface area contributed by atoms with Gasteiger partial charge in [-0.15, -0.1) is 0 Å². The van der Waals surface area contributed by atoms with Gasteiger partial charge in [0.1, 0.15) is 31.5 Å². The number of epoxide rings is 3. The van der Waals surface area contributed by atoms with Gasteiger partial charge in [-0.25, -0.2) is 9.59 Å². The van der Waals surface area contributed by atoms with E-state index >= 15 is 0 Å². The average molecular weight is 463 g/mol. The number of carbonyl (C=O) groups excluding carboxylic acids is 3. The van der Waals surface area contributed by atoms with Crippen LogP contribution in [0.1, 0.15) is 19.8 Å². The van der Waals surface area contributed by atoms with Gasteiger partial charge in [-0.1, -0.05) is 18.7 Å². The summed E-state index contributed by atoms with van der Waals surface area (Å²) in [5, 5.41) is 14.1. The summed E-state index contributed by atoms with van der Waals surface area (Å²) >= 11 is 1.07. The van der Waals surface area contributed by atoms with Crippen molar-refractivity contribution in [1.29, 1.82) is 0 Å². The molecule has 176 valence electrons. The summed E-state index contributed by atoms with van der Waals surface area (Å²) in [4.78, 5) is 34.9.